The topological polar surface area (TPSA) is 87.3 Å². The fraction of sp³-hybridized carbons (Fsp3) is 0.211. The SMILES string of the molecule is CC(=O)Nc1ccc(CC(=O)NNC(=O)CSc2ccc(C)cc2)cc1. The number of amides is 3. The van der Waals surface area contributed by atoms with Gasteiger partial charge in [-0.05, 0) is 36.8 Å². The van der Waals surface area contributed by atoms with Crippen LogP contribution in [0.4, 0.5) is 5.69 Å². The molecule has 2 aromatic rings. The van der Waals surface area contributed by atoms with Crippen molar-refractivity contribution in [2.75, 3.05) is 11.1 Å². The molecule has 0 aromatic heterocycles. The van der Waals surface area contributed by atoms with E-state index in [9.17, 15) is 14.4 Å². The zero-order valence-electron chi connectivity index (χ0n) is 14.7. The van der Waals surface area contributed by atoms with Crippen LogP contribution in [0.1, 0.15) is 18.1 Å². The van der Waals surface area contributed by atoms with Crippen molar-refractivity contribution in [1.29, 1.82) is 0 Å². The minimum atomic E-state index is -0.314. The summed E-state index contributed by atoms with van der Waals surface area (Å²) in [5.74, 6) is -0.521. The lowest BCUT2D eigenvalue weighted by molar-refractivity contribution is -0.127. The standard InChI is InChI=1S/C19H21N3O3S/c1-13-3-9-17(10-4-13)26-12-19(25)22-21-18(24)11-15-5-7-16(8-6-15)20-14(2)23/h3-10H,11-12H2,1-2H3,(H,20,23)(H,21,24)(H,22,25). The first-order valence-electron chi connectivity index (χ1n) is 8.06. The second kappa shape index (κ2) is 9.62. The number of hydrogen-bond donors (Lipinski definition) is 3. The molecule has 3 amide bonds. The van der Waals surface area contributed by atoms with Crippen molar-refractivity contribution in [3.05, 3.63) is 59.7 Å². The van der Waals surface area contributed by atoms with Crippen LogP contribution >= 0.6 is 11.8 Å². The molecule has 0 heterocycles. The summed E-state index contributed by atoms with van der Waals surface area (Å²) in [5.41, 5.74) is 7.42. The van der Waals surface area contributed by atoms with Gasteiger partial charge in [-0.15, -0.1) is 11.8 Å². The van der Waals surface area contributed by atoms with E-state index in [1.54, 1.807) is 24.3 Å². The van der Waals surface area contributed by atoms with Crippen LogP contribution in [-0.2, 0) is 20.8 Å². The van der Waals surface area contributed by atoms with Gasteiger partial charge in [-0.3, -0.25) is 25.2 Å². The Kier molecular flexibility index (Phi) is 7.23. The number of anilines is 1. The van der Waals surface area contributed by atoms with Crippen LogP contribution in [-0.4, -0.2) is 23.5 Å². The minimum absolute atomic E-state index is 0.131. The summed E-state index contributed by atoms with van der Waals surface area (Å²) in [7, 11) is 0. The van der Waals surface area contributed by atoms with Gasteiger partial charge in [-0.25, -0.2) is 0 Å². The lowest BCUT2D eigenvalue weighted by Crippen LogP contribution is -2.43. The maximum atomic E-state index is 11.9. The third-order valence-corrected chi connectivity index (χ3v) is 4.38. The second-order valence-electron chi connectivity index (χ2n) is 5.75. The third-order valence-electron chi connectivity index (χ3n) is 3.37. The molecule has 6 nitrogen and oxygen atoms in total. The molecule has 0 radical (unpaired) electrons. The highest BCUT2D eigenvalue weighted by molar-refractivity contribution is 8.00. The molecule has 3 N–H and O–H groups in total. The second-order valence-corrected chi connectivity index (χ2v) is 6.80. The Morgan fingerprint density at radius 3 is 2.12 bits per heavy atom. The van der Waals surface area contributed by atoms with Crippen LogP contribution in [0.15, 0.2) is 53.4 Å². The molecule has 0 unspecified atom stereocenters. The molecule has 0 aliphatic carbocycles. The lowest BCUT2D eigenvalue weighted by Gasteiger charge is -2.08. The molecule has 26 heavy (non-hydrogen) atoms. The van der Waals surface area contributed by atoms with Crippen LogP contribution in [0, 0.1) is 6.92 Å². The smallest absolute Gasteiger partial charge is 0.248 e. The highest BCUT2D eigenvalue weighted by atomic mass is 32.2. The summed E-state index contributed by atoms with van der Waals surface area (Å²) in [4.78, 5) is 35.7. The number of hydrogen-bond acceptors (Lipinski definition) is 4. The van der Waals surface area contributed by atoms with Gasteiger partial charge in [-0.1, -0.05) is 29.8 Å². The van der Waals surface area contributed by atoms with E-state index in [1.807, 2.05) is 31.2 Å². The van der Waals surface area contributed by atoms with Crippen molar-refractivity contribution in [3.8, 4) is 0 Å². The fourth-order valence-electron chi connectivity index (χ4n) is 2.10. The van der Waals surface area contributed by atoms with Gasteiger partial charge in [0.1, 0.15) is 0 Å². The zero-order valence-corrected chi connectivity index (χ0v) is 15.5. The third kappa shape index (κ3) is 6.98. The van der Waals surface area contributed by atoms with Gasteiger partial charge < -0.3 is 5.32 Å². The summed E-state index contributed by atoms with van der Waals surface area (Å²) < 4.78 is 0. The summed E-state index contributed by atoms with van der Waals surface area (Å²) >= 11 is 1.40. The van der Waals surface area contributed by atoms with E-state index < -0.39 is 0 Å². The number of rotatable bonds is 6. The Morgan fingerprint density at radius 1 is 0.885 bits per heavy atom. The highest BCUT2D eigenvalue weighted by Crippen LogP contribution is 2.17. The number of aryl methyl sites for hydroxylation is 1. The minimum Gasteiger partial charge on any atom is -0.326 e. The number of benzene rings is 2. The highest BCUT2D eigenvalue weighted by Gasteiger charge is 2.07. The predicted molar refractivity (Wildman–Crippen MR) is 103 cm³/mol. The number of thioether (sulfide) groups is 1. The van der Waals surface area contributed by atoms with Crippen LogP contribution in [0.25, 0.3) is 0 Å². The molecule has 7 heteroatoms. The molecule has 2 aromatic carbocycles. The van der Waals surface area contributed by atoms with Crippen LogP contribution < -0.4 is 16.2 Å². The first kappa shape index (κ1) is 19.5. The van der Waals surface area contributed by atoms with Gasteiger partial charge in [-0.2, -0.15) is 0 Å². The van der Waals surface area contributed by atoms with Crippen molar-refractivity contribution >= 4 is 35.2 Å². The molecule has 0 atom stereocenters. The molecule has 0 saturated carbocycles. The monoisotopic (exact) mass is 371 g/mol. The van der Waals surface area contributed by atoms with E-state index in [0.29, 0.717) is 5.69 Å². The molecule has 0 saturated heterocycles. The van der Waals surface area contributed by atoms with E-state index in [4.69, 9.17) is 0 Å². The molecule has 0 spiro atoms. The van der Waals surface area contributed by atoms with Crippen LogP contribution in [0.5, 0.6) is 0 Å². The maximum absolute atomic E-state index is 11.9. The van der Waals surface area contributed by atoms with Crippen molar-refractivity contribution in [2.24, 2.45) is 0 Å². The van der Waals surface area contributed by atoms with Crippen molar-refractivity contribution < 1.29 is 14.4 Å². The van der Waals surface area contributed by atoms with Gasteiger partial charge in [0.2, 0.25) is 17.7 Å². The van der Waals surface area contributed by atoms with E-state index in [2.05, 4.69) is 16.2 Å². The molecule has 0 fully saturated rings. The molecule has 0 aliphatic heterocycles. The Bertz CT molecular complexity index is 774. The molecule has 136 valence electrons. The van der Waals surface area contributed by atoms with Gasteiger partial charge in [0.15, 0.2) is 0 Å². The summed E-state index contributed by atoms with van der Waals surface area (Å²) in [5, 5.41) is 2.66. The first-order chi connectivity index (χ1) is 12.4. The van der Waals surface area contributed by atoms with Gasteiger partial charge in [0, 0.05) is 17.5 Å². The van der Waals surface area contributed by atoms with Crippen LogP contribution in [0.2, 0.25) is 0 Å². The van der Waals surface area contributed by atoms with E-state index in [1.165, 1.54) is 18.7 Å². The van der Waals surface area contributed by atoms with E-state index >= 15 is 0 Å². The van der Waals surface area contributed by atoms with Crippen LogP contribution in [0.3, 0.4) is 0 Å². The summed E-state index contributed by atoms with van der Waals surface area (Å²) in [6.45, 7) is 3.44. The average molecular weight is 371 g/mol. The van der Waals surface area contributed by atoms with Crippen molar-refractivity contribution in [2.45, 2.75) is 25.2 Å². The number of hydrazine groups is 1. The first-order valence-corrected chi connectivity index (χ1v) is 9.04. The van der Waals surface area contributed by atoms with Crippen molar-refractivity contribution in [3.63, 3.8) is 0 Å². The fourth-order valence-corrected chi connectivity index (χ4v) is 2.80. The summed E-state index contributed by atoms with van der Waals surface area (Å²) in [6.07, 6.45) is 0.131. The molecule has 0 aliphatic rings. The summed E-state index contributed by atoms with van der Waals surface area (Å²) in [6, 6.07) is 14.8. The maximum Gasteiger partial charge on any atom is 0.248 e. The molecule has 2 rings (SSSR count). The predicted octanol–water partition coefficient (Wildman–Crippen LogP) is 2.44. The van der Waals surface area contributed by atoms with E-state index in [0.717, 1.165) is 16.0 Å². The van der Waals surface area contributed by atoms with E-state index in [-0.39, 0.29) is 29.9 Å². The van der Waals surface area contributed by atoms with Gasteiger partial charge in [0.25, 0.3) is 0 Å². The zero-order chi connectivity index (χ0) is 18.9. The number of carbonyl (C=O) groups is 3. The Balaban J connectivity index is 1.71. The number of carbonyl (C=O) groups excluding carboxylic acids is 3. The Hall–Kier alpha value is -2.80. The molecule has 0 bridgehead atoms. The Morgan fingerprint density at radius 2 is 1.50 bits per heavy atom. The Labute approximate surface area is 156 Å². The van der Waals surface area contributed by atoms with Crippen molar-refractivity contribution in [1.82, 2.24) is 10.9 Å². The molecular weight excluding hydrogens is 350 g/mol. The number of nitrogens with one attached hydrogen (secondary N) is 3. The largest absolute Gasteiger partial charge is 0.326 e. The normalized spacial score (nSPS) is 10.1. The van der Waals surface area contributed by atoms with Gasteiger partial charge >= 0.3 is 0 Å². The van der Waals surface area contributed by atoms with Gasteiger partial charge in [0.05, 0.1) is 12.2 Å². The quantitative estimate of drug-likeness (QED) is 0.538. The average Bonchev–Trinajstić information content (AvgIpc) is 2.61. The lowest BCUT2D eigenvalue weighted by atomic mass is 10.1. The molecular formula is C19H21N3O3S.